The third-order valence-corrected chi connectivity index (χ3v) is 7.70. The maximum absolute atomic E-state index is 14.2. The monoisotopic (exact) mass is 516 g/mol. The Balaban J connectivity index is 1.25. The molecule has 0 aromatic heterocycles. The minimum absolute atomic E-state index is 0.230. The molecular weight excluding hydrogens is 482 g/mol. The number of hydrogen-bond donors (Lipinski definition) is 0. The van der Waals surface area contributed by atoms with Crippen LogP contribution in [0.25, 0.3) is 0 Å². The molecule has 1 saturated heterocycles. The number of rotatable bonds is 7. The molecule has 7 heteroatoms. The zero-order chi connectivity index (χ0) is 26.9. The van der Waals surface area contributed by atoms with Gasteiger partial charge in [0.1, 0.15) is 17.5 Å². The predicted octanol–water partition coefficient (Wildman–Crippen LogP) is 5.30. The van der Waals surface area contributed by atoms with Gasteiger partial charge >= 0.3 is 0 Å². The molecular formula is C31H34F2N4O. The molecule has 0 aliphatic carbocycles. The van der Waals surface area contributed by atoms with Crippen molar-refractivity contribution < 1.29 is 13.6 Å². The van der Waals surface area contributed by atoms with Crippen LogP contribution in [0.5, 0.6) is 0 Å². The second-order valence-electron chi connectivity index (χ2n) is 10.3. The number of anilines is 1. The number of benzene rings is 3. The normalized spacial score (nSPS) is 20.2. The van der Waals surface area contributed by atoms with E-state index in [2.05, 4.69) is 41.8 Å². The molecule has 0 radical (unpaired) electrons. The van der Waals surface area contributed by atoms with Crippen molar-refractivity contribution >= 4 is 17.4 Å². The summed E-state index contributed by atoms with van der Waals surface area (Å²) in [5, 5.41) is 0. The fourth-order valence-electron chi connectivity index (χ4n) is 5.73. The third kappa shape index (κ3) is 4.95. The van der Waals surface area contributed by atoms with E-state index in [9.17, 15) is 13.6 Å². The van der Waals surface area contributed by atoms with Gasteiger partial charge in [0, 0.05) is 38.4 Å². The molecule has 1 amide bonds. The van der Waals surface area contributed by atoms with Crippen molar-refractivity contribution in [2.24, 2.45) is 4.99 Å². The average Bonchev–Trinajstić information content (AvgIpc) is 3.15. The minimum Gasteiger partial charge on any atom is -0.369 e. The summed E-state index contributed by atoms with van der Waals surface area (Å²) in [7, 11) is 0. The Hall–Kier alpha value is -3.58. The summed E-state index contributed by atoms with van der Waals surface area (Å²) in [5.74, 6) is -0.484. The number of nitrogens with zero attached hydrogens (tertiary/aromatic N) is 4. The van der Waals surface area contributed by atoms with Gasteiger partial charge in [0.25, 0.3) is 5.91 Å². The Morgan fingerprint density at radius 3 is 2.24 bits per heavy atom. The molecule has 1 fully saturated rings. The lowest BCUT2D eigenvalue weighted by Gasteiger charge is -2.37. The van der Waals surface area contributed by atoms with E-state index in [0.717, 1.165) is 39.1 Å². The smallest absolute Gasteiger partial charge is 0.265 e. The van der Waals surface area contributed by atoms with Crippen LogP contribution in [-0.2, 0) is 10.3 Å². The number of aliphatic imine (C=N–C) groups is 1. The van der Waals surface area contributed by atoms with Gasteiger partial charge in [0.2, 0.25) is 0 Å². The minimum atomic E-state index is -1.42. The van der Waals surface area contributed by atoms with E-state index in [4.69, 9.17) is 4.99 Å². The van der Waals surface area contributed by atoms with Gasteiger partial charge < -0.3 is 4.90 Å². The highest BCUT2D eigenvalue weighted by molar-refractivity contribution is 6.09. The van der Waals surface area contributed by atoms with Crippen molar-refractivity contribution in [3.8, 4) is 0 Å². The highest BCUT2D eigenvalue weighted by Gasteiger charge is 2.50. The van der Waals surface area contributed by atoms with Gasteiger partial charge in [0.05, 0.1) is 0 Å². The number of piperazine rings is 1. The van der Waals surface area contributed by atoms with Gasteiger partial charge in [-0.2, -0.15) is 0 Å². The molecule has 1 atom stereocenters. The van der Waals surface area contributed by atoms with Crippen molar-refractivity contribution in [2.75, 3.05) is 44.2 Å². The Bertz CT molecular complexity index is 1350. The Morgan fingerprint density at radius 1 is 0.816 bits per heavy atom. The molecule has 5 rings (SSSR count). The fraction of sp³-hybridized carbons (Fsp3) is 0.355. The highest BCUT2D eigenvalue weighted by Crippen LogP contribution is 2.40. The zero-order valence-electron chi connectivity index (χ0n) is 22.3. The summed E-state index contributed by atoms with van der Waals surface area (Å²) in [6.07, 6.45) is 0.796. The first kappa shape index (κ1) is 26.0. The lowest BCUT2D eigenvalue weighted by atomic mass is 9.82. The molecule has 2 heterocycles. The molecule has 2 aliphatic heterocycles. The summed E-state index contributed by atoms with van der Waals surface area (Å²) in [6.45, 7) is 11.4. The van der Waals surface area contributed by atoms with Crippen LogP contribution in [-0.4, -0.2) is 60.8 Å². The lowest BCUT2D eigenvalue weighted by molar-refractivity contribution is -0.130. The van der Waals surface area contributed by atoms with Crippen molar-refractivity contribution in [1.82, 2.24) is 9.80 Å². The van der Waals surface area contributed by atoms with Crippen LogP contribution in [0.15, 0.2) is 71.7 Å². The Kier molecular flexibility index (Phi) is 7.30. The fourth-order valence-corrected chi connectivity index (χ4v) is 5.73. The number of amidine groups is 1. The molecule has 0 N–H and O–H groups in total. The molecule has 38 heavy (non-hydrogen) atoms. The first-order valence-electron chi connectivity index (χ1n) is 13.2. The van der Waals surface area contributed by atoms with E-state index in [1.165, 1.54) is 41.1 Å². The van der Waals surface area contributed by atoms with Crippen LogP contribution in [0.4, 0.5) is 14.5 Å². The second-order valence-corrected chi connectivity index (χ2v) is 10.3. The van der Waals surface area contributed by atoms with Gasteiger partial charge in [-0.25, -0.2) is 13.8 Å². The first-order valence-corrected chi connectivity index (χ1v) is 13.2. The molecule has 2 aliphatic rings. The highest BCUT2D eigenvalue weighted by atomic mass is 19.1. The summed E-state index contributed by atoms with van der Waals surface area (Å²) in [5.41, 5.74) is 3.44. The van der Waals surface area contributed by atoms with Gasteiger partial charge in [0.15, 0.2) is 5.54 Å². The predicted molar refractivity (Wildman–Crippen MR) is 148 cm³/mol. The van der Waals surface area contributed by atoms with Crippen LogP contribution in [0.2, 0.25) is 0 Å². The van der Waals surface area contributed by atoms with E-state index < -0.39 is 17.2 Å². The van der Waals surface area contributed by atoms with Crippen LogP contribution in [0.3, 0.4) is 0 Å². The van der Waals surface area contributed by atoms with E-state index in [1.54, 1.807) is 29.2 Å². The Morgan fingerprint density at radius 2 is 1.55 bits per heavy atom. The van der Waals surface area contributed by atoms with E-state index in [-0.39, 0.29) is 5.91 Å². The Labute approximate surface area is 223 Å². The van der Waals surface area contributed by atoms with Crippen molar-refractivity contribution in [1.29, 1.82) is 0 Å². The van der Waals surface area contributed by atoms with Gasteiger partial charge in [-0.15, -0.1) is 0 Å². The SMILES string of the molecule is CC1=NC(c2ccc(F)cc2)(c2cccc(F)c2)C(=O)N1CCCN1CCN(c2ccc(C)cc2C)CC1. The standard InChI is InChI=1S/C31H34F2N4O/c1-22-8-13-29(23(2)20-22)36-18-16-35(17-19-36)14-5-15-37-24(3)34-31(30(37)38,25-9-11-27(32)12-10-25)26-6-4-7-28(33)21-26/h4,6-13,20-21H,5,14-19H2,1-3H3. The number of halogens is 2. The molecule has 5 nitrogen and oxygen atoms in total. The van der Waals surface area contributed by atoms with E-state index >= 15 is 0 Å². The molecule has 0 saturated carbocycles. The summed E-state index contributed by atoms with van der Waals surface area (Å²) >= 11 is 0. The van der Waals surface area contributed by atoms with Gasteiger partial charge in [-0.05, 0) is 80.8 Å². The quantitative estimate of drug-likeness (QED) is 0.428. The lowest BCUT2D eigenvalue weighted by Crippen LogP contribution is -2.47. The zero-order valence-corrected chi connectivity index (χ0v) is 22.3. The molecule has 0 bridgehead atoms. The van der Waals surface area contributed by atoms with Crippen LogP contribution >= 0.6 is 0 Å². The van der Waals surface area contributed by atoms with Crippen LogP contribution in [0, 0.1) is 25.5 Å². The third-order valence-electron chi connectivity index (χ3n) is 7.70. The largest absolute Gasteiger partial charge is 0.369 e. The number of hydrogen-bond acceptors (Lipinski definition) is 4. The summed E-state index contributed by atoms with van der Waals surface area (Å²) in [4.78, 5) is 25.3. The van der Waals surface area contributed by atoms with E-state index in [0.29, 0.717) is 23.5 Å². The number of carbonyl (C=O) groups is 1. The number of carbonyl (C=O) groups excluding carboxylic acids is 1. The van der Waals surface area contributed by atoms with Gasteiger partial charge in [-0.3, -0.25) is 14.6 Å². The molecule has 0 spiro atoms. The van der Waals surface area contributed by atoms with Crippen molar-refractivity contribution in [3.63, 3.8) is 0 Å². The van der Waals surface area contributed by atoms with E-state index in [1.807, 2.05) is 6.92 Å². The molecule has 3 aromatic rings. The van der Waals surface area contributed by atoms with Crippen molar-refractivity contribution in [2.45, 2.75) is 32.7 Å². The van der Waals surface area contributed by atoms with Crippen molar-refractivity contribution in [3.05, 3.63) is 101 Å². The number of amides is 1. The molecule has 3 aromatic carbocycles. The second kappa shape index (κ2) is 10.7. The topological polar surface area (TPSA) is 39.2 Å². The summed E-state index contributed by atoms with van der Waals surface area (Å²) in [6, 6.07) is 18.3. The molecule has 1 unspecified atom stereocenters. The molecule has 198 valence electrons. The maximum atomic E-state index is 14.2. The average molecular weight is 517 g/mol. The van der Waals surface area contributed by atoms with Gasteiger partial charge in [-0.1, -0.05) is 42.0 Å². The van der Waals surface area contributed by atoms with Crippen LogP contribution < -0.4 is 4.90 Å². The maximum Gasteiger partial charge on any atom is 0.265 e. The van der Waals surface area contributed by atoms with Crippen LogP contribution in [0.1, 0.15) is 35.6 Å². The summed E-state index contributed by atoms with van der Waals surface area (Å²) < 4.78 is 27.9. The number of aryl methyl sites for hydroxylation is 2. The first-order chi connectivity index (χ1) is 18.3.